The van der Waals surface area contributed by atoms with Gasteiger partial charge in [0.1, 0.15) is 0 Å². The predicted octanol–water partition coefficient (Wildman–Crippen LogP) is -0.840. The lowest BCUT2D eigenvalue weighted by atomic mass is 9.37. The predicted molar refractivity (Wildman–Crippen MR) is 68.2 cm³/mol. The molecule has 0 aliphatic heterocycles. The first-order valence-electron chi connectivity index (χ1n) is 4.78. The zero-order valence-corrected chi connectivity index (χ0v) is 9.84. The standard InChI is InChI=1S/C8H12B5NO2/c1-7(2,3)14(13)6(10)8(11,12)4(9)5(15)16/h4,6H,1-3H3,(H,15,16). The van der Waals surface area contributed by atoms with Gasteiger partial charge in [-0.2, -0.15) is 0 Å². The third-order valence-electron chi connectivity index (χ3n) is 2.39. The van der Waals surface area contributed by atoms with Crippen molar-refractivity contribution in [2.75, 3.05) is 0 Å². The first-order chi connectivity index (χ1) is 6.92. The van der Waals surface area contributed by atoms with Gasteiger partial charge in [0.25, 0.3) is 5.97 Å². The summed E-state index contributed by atoms with van der Waals surface area (Å²) >= 11 is 0. The van der Waals surface area contributed by atoms with Crippen LogP contribution in [0.5, 0.6) is 0 Å². The van der Waals surface area contributed by atoms with Gasteiger partial charge in [0.05, 0.1) is 31.4 Å². The molecular formula is C8H12B5NO2. The molecule has 0 rings (SSSR count). The maximum absolute atomic E-state index is 10.7. The molecule has 0 bridgehead atoms. The van der Waals surface area contributed by atoms with E-state index in [9.17, 15) is 4.79 Å². The molecule has 0 heterocycles. The highest BCUT2D eigenvalue weighted by molar-refractivity contribution is 6.50. The molecule has 0 aliphatic carbocycles. The number of aliphatic carboxylic acids is 1. The Morgan fingerprint density at radius 1 is 1.25 bits per heavy atom. The third kappa shape index (κ3) is 3.37. The van der Waals surface area contributed by atoms with Crippen molar-refractivity contribution < 1.29 is 9.90 Å². The van der Waals surface area contributed by atoms with Crippen LogP contribution in [-0.4, -0.2) is 66.7 Å². The second-order valence-corrected chi connectivity index (χ2v) is 4.84. The molecule has 16 heavy (non-hydrogen) atoms. The first kappa shape index (κ1) is 15.8. The zero-order chi connectivity index (χ0) is 13.3. The number of rotatable bonds is 4. The Hall–Kier alpha value is -0.245. The van der Waals surface area contributed by atoms with E-state index in [4.69, 9.17) is 44.5 Å². The molecule has 2 unspecified atom stereocenters. The van der Waals surface area contributed by atoms with Crippen LogP contribution in [0.3, 0.4) is 0 Å². The molecule has 1 N–H and O–H groups in total. The molecule has 0 fully saturated rings. The van der Waals surface area contributed by atoms with Crippen molar-refractivity contribution in [2.45, 2.75) is 43.3 Å². The van der Waals surface area contributed by atoms with Gasteiger partial charge in [0.15, 0.2) is 7.98 Å². The molecule has 0 saturated carbocycles. The molecular weight excluding hydrogens is 196 g/mol. The smallest absolute Gasteiger partial charge is 0.296 e. The van der Waals surface area contributed by atoms with Crippen molar-refractivity contribution in [3.05, 3.63) is 0 Å². The number of hydrogen-bond acceptors (Lipinski definition) is 2. The van der Waals surface area contributed by atoms with E-state index >= 15 is 0 Å². The Balaban J connectivity index is 4.96. The molecule has 0 spiro atoms. The average molecular weight is 208 g/mol. The monoisotopic (exact) mass is 209 g/mol. The van der Waals surface area contributed by atoms with Gasteiger partial charge < -0.3 is 9.92 Å². The Morgan fingerprint density at radius 2 is 1.62 bits per heavy atom. The largest absolute Gasteiger partial charge is 0.482 e. The van der Waals surface area contributed by atoms with Crippen LogP contribution in [0.2, 0.25) is 11.0 Å². The van der Waals surface area contributed by atoms with E-state index in [-0.39, 0.29) is 0 Å². The number of carboxylic acids is 1. The van der Waals surface area contributed by atoms with Crippen LogP contribution in [0, 0.1) is 0 Å². The van der Waals surface area contributed by atoms with E-state index < -0.39 is 28.5 Å². The molecule has 10 radical (unpaired) electrons. The summed E-state index contributed by atoms with van der Waals surface area (Å²) in [6.07, 6.45) is 0. The summed E-state index contributed by atoms with van der Waals surface area (Å²) in [5, 5.41) is 6.93. The van der Waals surface area contributed by atoms with Crippen molar-refractivity contribution in [3.63, 3.8) is 0 Å². The normalized spacial score (nSPS) is 17.0. The summed E-state index contributed by atoms with van der Waals surface area (Å²) in [4.78, 5) is 11.9. The number of carboxylic acid groups (broad SMARTS) is 1. The van der Waals surface area contributed by atoms with Crippen molar-refractivity contribution in [2.24, 2.45) is 0 Å². The summed E-state index contributed by atoms with van der Waals surface area (Å²) in [7, 11) is 28.1. The molecule has 76 valence electrons. The van der Waals surface area contributed by atoms with Crippen molar-refractivity contribution in [1.82, 2.24) is 4.81 Å². The minimum Gasteiger partial charge on any atom is -0.482 e. The first-order valence-corrected chi connectivity index (χ1v) is 4.78. The van der Waals surface area contributed by atoms with E-state index in [1.54, 1.807) is 20.8 Å². The lowest BCUT2D eigenvalue weighted by molar-refractivity contribution is -0.137. The maximum Gasteiger partial charge on any atom is 0.296 e. The quantitative estimate of drug-likeness (QED) is 0.612. The molecule has 0 aromatic carbocycles. The Kier molecular flexibility index (Phi) is 4.87. The van der Waals surface area contributed by atoms with E-state index in [1.165, 1.54) is 4.81 Å². The lowest BCUT2D eigenvalue weighted by Crippen LogP contribution is -2.54. The van der Waals surface area contributed by atoms with Gasteiger partial charge in [-0.25, -0.2) is 0 Å². The second kappa shape index (κ2) is 4.95. The zero-order valence-electron chi connectivity index (χ0n) is 9.84. The van der Waals surface area contributed by atoms with Gasteiger partial charge in [0.2, 0.25) is 0 Å². The van der Waals surface area contributed by atoms with Gasteiger partial charge in [-0.1, -0.05) is 11.2 Å². The highest BCUT2D eigenvalue weighted by Gasteiger charge is 2.38. The minimum absolute atomic E-state index is 0.512. The van der Waals surface area contributed by atoms with Gasteiger partial charge in [-0.05, 0) is 20.8 Å². The number of carbonyl (C=O) groups is 1. The number of hydrogen-bond donors (Lipinski definition) is 1. The fraction of sp³-hybridized carbons (Fsp3) is 0.875. The van der Waals surface area contributed by atoms with Crippen LogP contribution in [0.25, 0.3) is 0 Å². The maximum atomic E-state index is 10.7. The molecule has 8 heteroatoms. The molecule has 0 saturated heterocycles. The lowest BCUT2D eigenvalue weighted by Gasteiger charge is -2.48. The summed E-state index contributed by atoms with van der Waals surface area (Å²) in [6, 6.07) is 0. The SMILES string of the molecule is [B]C(C(=O)O)C([B])([B])C([B])N([B])C(C)(C)C. The van der Waals surface area contributed by atoms with Crippen LogP contribution in [0.4, 0.5) is 0 Å². The number of nitrogens with zero attached hydrogens (tertiary/aromatic N) is 1. The van der Waals surface area contributed by atoms with Crippen molar-refractivity contribution in [3.8, 4) is 0 Å². The van der Waals surface area contributed by atoms with Crippen LogP contribution < -0.4 is 0 Å². The third-order valence-corrected chi connectivity index (χ3v) is 2.39. The van der Waals surface area contributed by atoms with E-state index in [0.29, 0.717) is 0 Å². The van der Waals surface area contributed by atoms with Crippen molar-refractivity contribution >= 4 is 45.3 Å². The molecule has 2 atom stereocenters. The summed E-state index contributed by atoms with van der Waals surface area (Å²) in [6.45, 7) is 5.36. The molecule has 0 aliphatic rings. The van der Waals surface area contributed by atoms with Crippen LogP contribution in [0.15, 0.2) is 0 Å². The Labute approximate surface area is 104 Å². The van der Waals surface area contributed by atoms with Gasteiger partial charge in [0, 0.05) is 11.4 Å². The van der Waals surface area contributed by atoms with Crippen LogP contribution >= 0.6 is 0 Å². The highest BCUT2D eigenvalue weighted by Crippen LogP contribution is 2.37. The van der Waals surface area contributed by atoms with E-state index in [1.807, 2.05) is 0 Å². The Bertz CT molecular complexity index is 266. The van der Waals surface area contributed by atoms with Crippen LogP contribution in [-0.2, 0) is 4.79 Å². The molecule has 0 amide bonds. The van der Waals surface area contributed by atoms with E-state index in [2.05, 4.69) is 0 Å². The topological polar surface area (TPSA) is 40.5 Å². The summed E-state index contributed by atoms with van der Waals surface area (Å²) in [5.74, 6) is -3.92. The minimum atomic E-state index is -1.83. The summed E-state index contributed by atoms with van der Waals surface area (Å²) < 4.78 is 0. The van der Waals surface area contributed by atoms with Gasteiger partial charge in [-0.3, -0.25) is 4.79 Å². The molecule has 0 aromatic rings. The average Bonchev–Trinajstić information content (AvgIpc) is 2.12. The van der Waals surface area contributed by atoms with Gasteiger partial charge in [-0.15, -0.1) is 0 Å². The molecule has 3 nitrogen and oxygen atoms in total. The second-order valence-electron chi connectivity index (χ2n) is 4.84. The van der Waals surface area contributed by atoms with Crippen molar-refractivity contribution in [1.29, 1.82) is 0 Å². The van der Waals surface area contributed by atoms with Gasteiger partial charge >= 0.3 is 0 Å². The highest BCUT2D eigenvalue weighted by atomic mass is 16.4. The molecule has 0 aromatic heterocycles. The fourth-order valence-electron chi connectivity index (χ4n) is 1.06. The Morgan fingerprint density at radius 3 is 1.88 bits per heavy atom. The fourth-order valence-corrected chi connectivity index (χ4v) is 1.06. The van der Waals surface area contributed by atoms with E-state index in [0.717, 1.165) is 0 Å². The summed E-state index contributed by atoms with van der Waals surface area (Å²) in [5.41, 5.74) is -0.512. The van der Waals surface area contributed by atoms with Crippen LogP contribution in [0.1, 0.15) is 20.8 Å².